The number of benzene rings is 3. The molecular weight excluding hydrogens is 465 g/mol. The van der Waals surface area contributed by atoms with Crippen LogP contribution in [0.1, 0.15) is 29.4 Å². The van der Waals surface area contributed by atoms with Crippen LogP contribution in [0.15, 0.2) is 78.9 Å². The lowest BCUT2D eigenvalue weighted by atomic mass is 9.95. The highest BCUT2D eigenvalue weighted by atomic mass is 35.5. The SMILES string of the molecule is C[C@H](CO)C[C@@H](Cc1ccc(-c2cccc(F)c2)cc1)NC(=O)c1cc(-c2ccccc2Cl)n[nH]1. The van der Waals surface area contributed by atoms with Crippen molar-refractivity contribution in [3.8, 4) is 22.4 Å². The molecule has 0 radical (unpaired) electrons. The highest BCUT2D eigenvalue weighted by Gasteiger charge is 2.19. The first kappa shape index (κ1) is 24.6. The Kier molecular flexibility index (Phi) is 7.95. The van der Waals surface area contributed by atoms with Gasteiger partial charge in [0.05, 0.1) is 10.7 Å². The molecule has 0 saturated heterocycles. The van der Waals surface area contributed by atoms with E-state index in [4.69, 9.17) is 11.6 Å². The van der Waals surface area contributed by atoms with E-state index >= 15 is 0 Å². The molecule has 35 heavy (non-hydrogen) atoms. The maximum absolute atomic E-state index is 13.6. The molecule has 0 aliphatic heterocycles. The number of aromatic amines is 1. The summed E-state index contributed by atoms with van der Waals surface area (Å²) in [5.74, 6) is -0.529. The summed E-state index contributed by atoms with van der Waals surface area (Å²) in [6.45, 7) is 1.98. The summed E-state index contributed by atoms with van der Waals surface area (Å²) in [4.78, 5) is 13.0. The standard InChI is InChI=1S/C28H27ClFN3O2/c1-18(17-34)13-23(14-19-9-11-20(12-10-19)21-5-4-6-22(30)15-21)31-28(35)27-16-26(32-33-27)24-7-2-3-8-25(24)29/h2-12,15-16,18,23,34H,13-14,17H2,1H3,(H,31,35)(H,32,33)/t18-,23-/m0/s1. The number of aromatic nitrogens is 2. The predicted octanol–water partition coefficient (Wildman–Crippen LogP) is 5.90. The number of carbonyl (C=O) groups is 1. The average Bonchev–Trinajstić information content (AvgIpc) is 3.35. The van der Waals surface area contributed by atoms with Crippen LogP contribution in [0, 0.1) is 11.7 Å². The van der Waals surface area contributed by atoms with Crippen LogP contribution in [0.3, 0.4) is 0 Å². The molecule has 180 valence electrons. The van der Waals surface area contributed by atoms with Crippen molar-refractivity contribution in [2.45, 2.75) is 25.8 Å². The van der Waals surface area contributed by atoms with E-state index in [9.17, 15) is 14.3 Å². The number of nitrogens with one attached hydrogen (secondary N) is 2. The normalized spacial score (nSPS) is 12.8. The number of rotatable bonds is 9. The van der Waals surface area contributed by atoms with Gasteiger partial charge in [-0.05, 0) is 59.7 Å². The fourth-order valence-electron chi connectivity index (χ4n) is 4.05. The van der Waals surface area contributed by atoms with Gasteiger partial charge in [0, 0.05) is 18.2 Å². The van der Waals surface area contributed by atoms with Crippen molar-refractivity contribution >= 4 is 17.5 Å². The second-order valence-corrected chi connectivity index (χ2v) is 9.16. The molecule has 5 nitrogen and oxygen atoms in total. The molecule has 0 bridgehead atoms. The van der Waals surface area contributed by atoms with E-state index in [1.165, 1.54) is 12.1 Å². The molecule has 0 unspecified atom stereocenters. The van der Waals surface area contributed by atoms with Crippen molar-refractivity contribution in [3.63, 3.8) is 0 Å². The average molecular weight is 492 g/mol. The van der Waals surface area contributed by atoms with Gasteiger partial charge in [0.25, 0.3) is 5.91 Å². The lowest BCUT2D eigenvalue weighted by Gasteiger charge is -2.21. The maximum atomic E-state index is 13.6. The van der Waals surface area contributed by atoms with Gasteiger partial charge in [-0.3, -0.25) is 9.89 Å². The monoisotopic (exact) mass is 491 g/mol. The molecule has 1 amide bonds. The molecule has 7 heteroatoms. The quantitative estimate of drug-likeness (QED) is 0.273. The Morgan fingerprint density at radius 3 is 2.54 bits per heavy atom. The van der Waals surface area contributed by atoms with E-state index in [1.54, 1.807) is 18.2 Å². The summed E-state index contributed by atoms with van der Waals surface area (Å²) in [6.07, 6.45) is 1.20. The molecular formula is C28H27ClFN3O2. The molecule has 4 aromatic rings. The largest absolute Gasteiger partial charge is 0.396 e. The van der Waals surface area contributed by atoms with Crippen molar-refractivity contribution in [2.75, 3.05) is 6.61 Å². The van der Waals surface area contributed by atoms with Crippen LogP contribution in [-0.2, 0) is 6.42 Å². The molecule has 2 atom stereocenters. The Balaban J connectivity index is 1.47. The molecule has 0 spiro atoms. The minimum absolute atomic E-state index is 0.0207. The molecule has 3 aromatic carbocycles. The van der Waals surface area contributed by atoms with E-state index in [0.29, 0.717) is 29.3 Å². The first-order valence-electron chi connectivity index (χ1n) is 11.5. The fourth-order valence-corrected chi connectivity index (χ4v) is 4.28. The van der Waals surface area contributed by atoms with E-state index in [2.05, 4.69) is 15.5 Å². The highest BCUT2D eigenvalue weighted by Crippen LogP contribution is 2.26. The third-order valence-corrected chi connectivity index (χ3v) is 6.23. The number of hydrogen-bond acceptors (Lipinski definition) is 3. The van der Waals surface area contributed by atoms with Crippen LogP contribution in [-0.4, -0.2) is 33.9 Å². The smallest absolute Gasteiger partial charge is 0.269 e. The summed E-state index contributed by atoms with van der Waals surface area (Å²) in [7, 11) is 0. The first-order valence-corrected chi connectivity index (χ1v) is 11.9. The van der Waals surface area contributed by atoms with Gasteiger partial charge in [0.15, 0.2) is 0 Å². The van der Waals surface area contributed by atoms with Crippen LogP contribution in [0.4, 0.5) is 4.39 Å². The number of carbonyl (C=O) groups excluding carboxylic acids is 1. The van der Waals surface area contributed by atoms with E-state index in [-0.39, 0.29) is 30.3 Å². The second-order valence-electron chi connectivity index (χ2n) is 8.75. The van der Waals surface area contributed by atoms with Gasteiger partial charge >= 0.3 is 0 Å². The summed E-state index contributed by atoms with van der Waals surface area (Å²) >= 11 is 6.26. The van der Waals surface area contributed by atoms with Gasteiger partial charge in [0.2, 0.25) is 0 Å². The molecule has 4 rings (SSSR count). The van der Waals surface area contributed by atoms with Crippen molar-refractivity contribution in [2.24, 2.45) is 5.92 Å². The van der Waals surface area contributed by atoms with Gasteiger partial charge in [-0.15, -0.1) is 0 Å². The van der Waals surface area contributed by atoms with Gasteiger partial charge in [0.1, 0.15) is 11.5 Å². The number of nitrogens with zero attached hydrogens (tertiary/aromatic N) is 1. The number of aliphatic hydroxyl groups excluding tert-OH is 1. The molecule has 1 heterocycles. The van der Waals surface area contributed by atoms with Crippen LogP contribution >= 0.6 is 11.6 Å². The Bertz CT molecular complexity index is 1290. The lowest BCUT2D eigenvalue weighted by molar-refractivity contribution is 0.0922. The van der Waals surface area contributed by atoms with Crippen molar-refractivity contribution < 1.29 is 14.3 Å². The van der Waals surface area contributed by atoms with Gasteiger partial charge in [-0.2, -0.15) is 5.10 Å². The van der Waals surface area contributed by atoms with E-state index in [1.807, 2.05) is 55.5 Å². The van der Waals surface area contributed by atoms with Crippen LogP contribution in [0.2, 0.25) is 5.02 Å². The molecule has 0 saturated carbocycles. The summed E-state index contributed by atoms with van der Waals surface area (Å²) < 4.78 is 13.6. The van der Waals surface area contributed by atoms with E-state index < -0.39 is 0 Å². The Morgan fingerprint density at radius 1 is 1.06 bits per heavy atom. The molecule has 0 fully saturated rings. The lowest BCUT2D eigenvalue weighted by Crippen LogP contribution is -2.38. The van der Waals surface area contributed by atoms with E-state index in [0.717, 1.165) is 22.3 Å². The summed E-state index contributed by atoms with van der Waals surface area (Å²) in [6, 6.07) is 23.1. The zero-order valence-corrected chi connectivity index (χ0v) is 20.1. The molecule has 0 aliphatic carbocycles. The number of hydrogen-bond donors (Lipinski definition) is 3. The zero-order chi connectivity index (χ0) is 24.8. The number of aliphatic hydroxyl groups is 1. The Hall–Kier alpha value is -3.48. The highest BCUT2D eigenvalue weighted by molar-refractivity contribution is 6.33. The van der Waals surface area contributed by atoms with Crippen molar-refractivity contribution in [1.29, 1.82) is 0 Å². The van der Waals surface area contributed by atoms with Crippen molar-refractivity contribution in [1.82, 2.24) is 15.5 Å². The third-order valence-electron chi connectivity index (χ3n) is 5.90. The third kappa shape index (κ3) is 6.35. The Morgan fingerprint density at radius 2 is 1.83 bits per heavy atom. The Labute approximate surface area is 209 Å². The minimum atomic E-state index is -0.276. The number of amides is 1. The summed E-state index contributed by atoms with van der Waals surface area (Å²) in [5.41, 5.74) is 4.43. The predicted molar refractivity (Wildman–Crippen MR) is 137 cm³/mol. The van der Waals surface area contributed by atoms with Gasteiger partial charge in [-0.1, -0.05) is 73.1 Å². The summed E-state index contributed by atoms with van der Waals surface area (Å²) in [5, 5.41) is 20.2. The topological polar surface area (TPSA) is 78.0 Å². The minimum Gasteiger partial charge on any atom is -0.396 e. The van der Waals surface area contributed by atoms with Crippen LogP contribution < -0.4 is 5.32 Å². The number of H-pyrrole nitrogens is 1. The van der Waals surface area contributed by atoms with Gasteiger partial charge in [-0.25, -0.2) is 4.39 Å². The zero-order valence-electron chi connectivity index (χ0n) is 19.3. The second kappa shape index (κ2) is 11.3. The first-order chi connectivity index (χ1) is 16.9. The van der Waals surface area contributed by atoms with Crippen molar-refractivity contribution in [3.05, 3.63) is 101 Å². The molecule has 3 N–H and O–H groups in total. The van der Waals surface area contributed by atoms with Gasteiger partial charge < -0.3 is 10.4 Å². The molecule has 0 aliphatic rings. The fraction of sp³-hybridized carbons (Fsp3) is 0.214. The number of halogens is 2. The van der Waals surface area contributed by atoms with Crippen LogP contribution in [0.25, 0.3) is 22.4 Å². The maximum Gasteiger partial charge on any atom is 0.269 e. The van der Waals surface area contributed by atoms with Crippen LogP contribution in [0.5, 0.6) is 0 Å². The molecule has 1 aromatic heterocycles.